The molecule has 1 aliphatic rings. The maximum absolute atomic E-state index is 11.5. The van der Waals surface area contributed by atoms with Crippen LogP contribution >= 0.6 is 0 Å². The maximum Gasteiger partial charge on any atom is 0.268 e. The quantitative estimate of drug-likeness (QED) is 0.546. The van der Waals surface area contributed by atoms with E-state index in [0.717, 1.165) is 52.6 Å². The minimum absolute atomic E-state index is 0.225. The Morgan fingerprint density at radius 1 is 1.20 bits per heavy atom. The third-order valence-electron chi connectivity index (χ3n) is 5.07. The molecule has 0 saturated carbocycles. The fourth-order valence-corrected chi connectivity index (χ4v) is 3.50. The number of pyridine rings is 1. The number of hydrogen-bond acceptors (Lipinski definition) is 7. The summed E-state index contributed by atoms with van der Waals surface area (Å²) in [6, 6.07) is 5.31. The number of nitrogens with one attached hydrogen (secondary N) is 1. The average molecular weight is 414 g/mol. The molecule has 0 atom stereocenters. The van der Waals surface area contributed by atoms with Gasteiger partial charge in [-0.2, -0.15) is 9.61 Å². The van der Waals surface area contributed by atoms with E-state index in [1.165, 1.54) is 25.3 Å². The number of hydrogen-bond donors (Lipinski definition) is 3. The second-order valence-electron chi connectivity index (χ2n) is 7.26. The van der Waals surface area contributed by atoms with Gasteiger partial charge in [-0.05, 0) is 38.2 Å². The van der Waals surface area contributed by atoms with Crippen LogP contribution in [0.4, 0.5) is 11.6 Å². The molecule has 9 nitrogen and oxygen atoms in total. The van der Waals surface area contributed by atoms with E-state index < -0.39 is 0 Å². The average Bonchev–Trinajstić information content (AvgIpc) is 3.19. The van der Waals surface area contributed by atoms with E-state index in [0.29, 0.717) is 6.54 Å². The smallest absolute Gasteiger partial charge is 0.268 e. The normalized spacial score (nSPS) is 13.8. The van der Waals surface area contributed by atoms with Crippen molar-refractivity contribution in [3.63, 3.8) is 0 Å². The Morgan fingerprint density at radius 3 is 2.60 bits per heavy atom. The Bertz CT molecular complexity index is 1020. The third kappa shape index (κ3) is 4.91. The molecule has 3 aromatic rings. The zero-order valence-corrected chi connectivity index (χ0v) is 17.7. The lowest BCUT2D eigenvalue weighted by atomic mass is 10.1. The van der Waals surface area contributed by atoms with Gasteiger partial charge < -0.3 is 21.2 Å². The van der Waals surface area contributed by atoms with E-state index in [-0.39, 0.29) is 12.2 Å². The summed E-state index contributed by atoms with van der Waals surface area (Å²) in [5.74, 6) is 7.54. The minimum atomic E-state index is -0.225. The largest absolute Gasteiger partial charge is 0.397 e. The third-order valence-corrected chi connectivity index (χ3v) is 5.07. The van der Waals surface area contributed by atoms with Crippen LogP contribution in [0.2, 0.25) is 0 Å². The van der Waals surface area contributed by atoms with Crippen LogP contribution in [0.5, 0.6) is 0 Å². The first kappa shape index (κ1) is 21.6. The Balaban J connectivity index is 0.000000806. The fraction of sp³-hybridized carbons (Fsp3) is 0.476. The fourth-order valence-electron chi connectivity index (χ4n) is 3.50. The van der Waals surface area contributed by atoms with E-state index in [1.807, 2.05) is 10.7 Å². The summed E-state index contributed by atoms with van der Waals surface area (Å²) in [6.07, 6.45) is 8.09. The number of aliphatic hydroxyl groups excluding tert-OH is 1. The van der Waals surface area contributed by atoms with E-state index in [2.05, 4.69) is 28.3 Å². The van der Waals surface area contributed by atoms with Crippen molar-refractivity contribution in [1.82, 2.24) is 19.3 Å². The monoisotopic (exact) mass is 413 g/mol. The van der Waals surface area contributed by atoms with E-state index in [1.54, 1.807) is 19.2 Å². The number of aliphatic hydroxyl groups is 1. The Hall–Kier alpha value is -3.07. The number of aryl methyl sites for hydroxylation is 1. The van der Waals surface area contributed by atoms with E-state index in [9.17, 15) is 4.79 Å². The van der Waals surface area contributed by atoms with Crippen molar-refractivity contribution < 1.29 is 5.11 Å². The molecule has 4 heterocycles. The highest BCUT2D eigenvalue weighted by Gasteiger charge is 2.17. The summed E-state index contributed by atoms with van der Waals surface area (Å²) in [5, 5.41) is 15.5. The predicted octanol–water partition coefficient (Wildman–Crippen LogP) is 1.77. The maximum atomic E-state index is 11.5. The number of anilines is 2. The molecule has 1 saturated heterocycles. The van der Waals surface area contributed by atoms with Gasteiger partial charge in [-0.1, -0.05) is 13.0 Å². The molecule has 0 radical (unpaired) electrons. The lowest BCUT2D eigenvalue weighted by molar-refractivity contribution is 0.318. The van der Waals surface area contributed by atoms with Gasteiger partial charge in [-0.25, -0.2) is 9.66 Å². The van der Waals surface area contributed by atoms with Gasteiger partial charge in [0.1, 0.15) is 11.6 Å². The molecule has 0 aromatic carbocycles. The summed E-state index contributed by atoms with van der Waals surface area (Å²) in [4.78, 5) is 18.7. The number of nitrogen functional groups attached to an aromatic ring is 1. The van der Waals surface area contributed by atoms with E-state index >= 15 is 0 Å². The Labute approximate surface area is 176 Å². The van der Waals surface area contributed by atoms with Crippen LogP contribution in [0.15, 0.2) is 35.4 Å². The SMILES string of the molecule is CCO.CCc1cnn2c(NCc3ccc(=O)n(N)c3)cc(N3CCCCC3)nc12. The number of piperidine rings is 1. The van der Waals surface area contributed by atoms with Gasteiger partial charge in [0.15, 0.2) is 5.65 Å². The van der Waals surface area contributed by atoms with Gasteiger partial charge in [-0.15, -0.1) is 0 Å². The molecule has 4 rings (SSSR count). The van der Waals surface area contributed by atoms with Gasteiger partial charge in [0, 0.05) is 50.1 Å². The van der Waals surface area contributed by atoms with Gasteiger partial charge in [0.2, 0.25) is 0 Å². The van der Waals surface area contributed by atoms with Crippen molar-refractivity contribution >= 4 is 17.3 Å². The Morgan fingerprint density at radius 2 is 1.93 bits per heavy atom. The molecule has 4 N–H and O–H groups in total. The van der Waals surface area contributed by atoms with Crippen molar-refractivity contribution in [2.75, 3.05) is 35.8 Å². The highest BCUT2D eigenvalue weighted by molar-refractivity contribution is 5.61. The van der Waals surface area contributed by atoms with Crippen LogP contribution in [0.1, 0.15) is 44.2 Å². The first-order valence-electron chi connectivity index (χ1n) is 10.5. The topological polar surface area (TPSA) is 114 Å². The van der Waals surface area contributed by atoms with Crippen LogP contribution in [0.3, 0.4) is 0 Å². The highest BCUT2D eigenvalue weighted by Crippen LogP contribution is 2.24. The van der Waals surface area contributed by atoms with Gasteiger partial charge in [-0.3, -0.25) is 4.79 Å². The van der Waals surface area contributed by atoms with Crippen LogP contribution in [-0.2, 0) is 13.0 Å². The number of aromatic nitrogens is 4. The van der Waals surface area contributed by atoms with Gasteiger partial charge >= 0.3 is 0 Å². The molecule has 1 fully saturated rings. The zero-order chi connectivity index (χ0) is 21.5. The summed E-state index contributed by atoms with van der Waals surface area (Å²) in [6.45, 7) is 6.66. The van der Waals surface area contributed by atoms with Crippen molar-refractivity contribution in [3.8, 4) is 0 Å². The molecule has 30 heavy (non-hydrogen) atoms. The molecule has 1 aliphatic heterocycles. The van der Waals surface area contributed by atoms with Crippen molar-refractivity contribution in [2.24, 2.45) is 0 Å². The molecule has 162 valence electrons. The molecular formula is C21H31N7O2. The van der Waals surface area contributed by atoms with Crippen molar-refractivity contribution in [2.45, 2.75) is 46.1 Å². The van der Waals surface area contributed by atoms with Crippen LogP contribution in [0, 0.1) is 0 Å². The second-order valence-corrected chi connectivity index (χ2v) is 7.26. The van der Waals surface area contributed by atoms with Crippen LogP contribution in [0.25, 0.3) is 5.65 Å². The van der Waals surface area contributed by atoms with Crippen LogP contribution < -0.4 is 21.6 Å². The molecule has 9 heteroatoms. The van der Waals surface area contributed by atoms with Crippen molar-refractivity contribution in [1.29, 1.82) is 0 Å². The molecule has 0 aliphatic carbocycles. The lowest BCUT2D eigenvalue weighted by Gasteiger charge is -2.28. The van der Waals surface area contributed by atoms with Crippen molar-refractivity contribution in [3.05, 3.63) is 52.1 Å². The number of nitrogens with zero attached hydrogens (tertiary/aromatic N) is 5. The first-order chi connectivity index (χ1) is 14.6. The Kier molecular flexibility index (Phi) is 7.29. The number of rotatable bonds is 5. The summed E-state index contributed by atoms with van der Waals surface area (Å²) in [5.41, 5.74) is 2.72. The molecule has 0 unspecified atom stereocenters. The minimum Gasteiger partial charge on any atom is -0.397 e. The van der Waals surface area contributed by atoms with Crippen LogP contribution in [-0.4, -0.2) is 44.1 Å². The predicted molar refractivity (Wildman–Crippen MR) is 119 cm³/mol. The molecule has 3 aromatic heterocycles. The zero-order valence-electron chi connectivity index (χ0n) is 17.7. The second kappa shape index (κ2) is 10.1. The highest BCUT2D eigenvalue weighted by atomic mass is 16.2. The van der Waals surface area contributed by atoms with Gasteiger partial charge in [0.05, 0.1) is 6.20 Å². The number of nitrogens with two attached hydrogens (primary N) is 1. The summed E-state index contributed by atoms with van der Waals surface area (Å²) >= 11 is 0. The van der Waals surface area contributed by atoms with E-state index in [4.69, 9.17) is 15.9 Å². The first-order valence-corrected chi connectivity index (χ1v) is 10.5. The summed E-state index contributed by atoms with van der Waals surface area (Å²) < 4.78 is 2.95. The standard InChI is InChI=1S/C19H25N7O.C2H6O/c1-2-15-12-22-26-16(21-11-14-6-7-18(27)25(20)13-14)10-17(23-19(15)26)24-8-4-3-5-9-24;1-2-3/h6-7,10,12-13,21H,2-5,8-9,11,20H2,1H3;3H,2H2,1H3. The summed E-state index contributed by atoms with van der Waals surface area (Å²) in [7, 11) is 0. The van der Waals surface area contributed by atoms with Gasteiger partial charge in [0.25, 0.3) is 5.56 Å². The molecule has 0 spiro atoms. The lowest BCUT2D eigenvalue weighted by Crippen LogP contribution is -2.30. The molecular weight excluding hydrogens is 382 g/mol. The molecule has 0 amide bonds. The number of fused-ring (bicyclic) bond motifs is 1. The molecule has 0 bridgehead atoms.